The van der Waals surface area contributed by atoms with E-state index in [1.165, 1.54) is 6.07 Å². The molecule has 18 heavy (non-hydrogen) atoms. The second kappa shape index (κ2) is 5.01. The number of nitrogens with zero attached hydrogens (tertiary/aromatic N) is 2. The van der Waals surface area contributed by atoms with Crippen molar-refractivity contribution in [3.8, 4) is 5.75 Å². The molecule has 0 amide bonds. The summed E-state index contributed by atoms with van der Waals surface area (Å²) in [5.74, 6) is -1.69. The fourth-order valence-corrected chi connectivity index (χ4v) is 1.74. The summed E-state index contributed by atoms with van der Waals surface area (Å²) in [4.78, 5) is 0. The molecule has 0 spiro atoms. The molecule has 2 aromatic rings. The number of benzene rings is 1. The first-order chi connectivity index (χ1) is 8.47. The molecule has 2 rings (SSSR count). The summed E-state index contributed by atoms with van der Waals surface area (Å²) in [7, 11) is 0. The molecular formula is C11H9BrF2N2O2. The molecule has 96 valence electrons. The van der Waals surface area contributed by atoms with E-state index in [2.05, 4.69) is 26.1 Å². The molecule has 0 aliphatic heterocycles. The summed E-state index contributed by atoms with van der Waals surface area (Å²) >= 11 is 3.06. The number of hydrogen-bond acceptors (Lipinski definition) is 4. The van der Waals surface area contributed by atoms with Crippen molar-refractivity contribution in [1.29, 1.82) is 0 Å². The van der Waals surface area contributed by atoms with Crippen LogP contribution in [0.4, 0.5) is 8.78 Å². The fourth-order valence-electron chi connectivity index (χ4n) is 1.34. The molecule has 0 N–H and O–H groups in total. The van der Waals surface area contributed by atoms with Crippen molar-refractivity contribution in [2.75, 3.05) is 0 Å². The van der Waals surface area contributed by atoms with Gasteiger partial charge in [0.15, 0.2) is 17.7 Å². The van der Waals surface area contributed by atoms with Gasteiger partial charge in [0.25, 0.3) is 5.89 Å². The Bertz CT molecular complexity index is 574. The summed E-state index contributed by atoms with van der Waals surface area (Å²) in [6, 6.07) is 2.35. The third-order valence-corrected chi connectivity index (χ3v) is 2.61. The smallest absolute Gasteiger partial charge is 0.256 e. The van der Waals surface area contributed by atoms with Crippen molar-refractivity contribution in [2.45, 2.75) is 20.0 Å². The van der Waals surface area contributed by atoms with Gasteiger partial charge in [-0.25, -0.2) is 4.39 Å². The summed E-state index contributed by atoms with van der Waals surface area (Å²) in [5.41, 5.74) is 0. The average Bonchev–Trinajstić information content (AvgIpc) is 2.72. The molecule has 0 radical (unpaired) electrons. The maximum Gasteiger partial charge on any atom is 0.256 e. The molecule has 0 aliphatic rings. The van der Waals surface area contributed by atoms with E-state index in [1.54, 1.807) is 13.8 Å². The molecule has 0 bridgehead atoms. The van der Waals surface area contributed by atoms with Gasteiger partial charge in [-0.3, -0.25) is 0 Å². The van der Waals surface area contributed by atoms with Gasteiger partial charge < -0.3 is 9.15 Å². The van der Waals surface area contributed by atoms with E-state index in [-0.39, 0.29) is 11.6 Å². The highest BCUT2D eigenvalue weighted by Gasteiger charge is 2.18. The standard InChI is InChI=1S/C11H9BrF2N2O2/c1-5(11-16-15-6(2)18-11)17-9-4-7(12)3-8(13)10(9)14/h3-5H,1-2H3/t5-/m1/s1. The Balaban J connectivity index is 2.24. The highest BCUT2D eigenvalue weighted by molar-refractivity contribution is 9.10. The minimum absolute atomic E-state index is 0.201. The van der Waals surface area contributed by atoms with E-state index in [9.17, 15) is 8.78 Å². The number of halogens is 3. The number of ether oxygens (including phenoxy) is 1. The maximum atomic E-state index is 13.5. The first-order valence-electron chi connectivity index (χ1n) is 5.08. The number of rotatable bonds is 3. The van der Waals surface area contributed by atoms with Gasteiger partial charge in [-0.2, -0.15) is 4.39 Å². The van der Waals surface area contributed by atoms with E-state index < -0.39 is 17.7 Å². The van der Waals surface area contributed by atoms with Crippen LogP contribution in [0.3, 0.4) is 0 Å². The molecule has 1 aromatic heterocycles. The fraction of sp³-hybridized carbons (Fsp3) is 0.273. The van der Waals surface area contributed by atoms with Gasteiger partial charge in [0.1, 0.15) is 0 Å². The van der Waals surface area contributed by atoms with Gasteiger partial charge in [-0.1, -0.05) is 15.9 Å². The third kappa shape index (κ3) is 2.66. The van der Waals surface area contributed by atoms with Crippen LogP contribution in [0.25, 0.3) is 0 Å². The number of aryl methyl sites for hydroxylation is 1. The molecule has 1 aromatic carbocycles. The van der Waals surface area contributed by atoms with E-state index in [4.69, 9.17) is 9.15 Å². The monoisotopic (exact) mass is 318 g/mol. The van der Waals surface area contributed by atoms with Crippen LogP contribution in [0.15, 0.2) is 21.0 Å². The Morgan fingerprint density at radius 2 is 2.06 bits per heavy atom. The second-order valence-corrected chi connectivity index (χ2v) is 4.53. The Labute approximate surface area is 110 Å². The van der Waals surface area contributed by atoms with Crippen LogP contribution in [-0.2, 0) is 0 Å². The zero-order valence-electron chi connectivity index (χ0n) is 9.58. The quantitative estimate of drug-likeness (QED) is 0.812. The van der Waals surface area contributed by atoms with E-state index in [1.807, 2.05) is 0 Å². The molecular weight excluding hydrogens is 310 g/mol. The first kappa shape index (κ1) is 12.9. The third-order valence-electron chi connectivity index (χ3n) is 2.15. The average molecular weight is 319 g/mol. The predicted molar refractivity (Wildman–Crippen MR) is 62.1 cm³/mol. The van der Waals surface area contributed by atoms with Gasteiger partial charge >= 0.3 is 0 Å². The van der Waals surface area contributed by atoms with Crippen molar-refractivity contribution >= 4 is 15.9 Å². The van der Waals surface area contributed by atoms with Crippen LogP contribution in [-0.4, -0.2) is 10.2 Å². The Morgan fingerprint density at radius 3 is 2.67 bits per heavy atom. The summed E-state index contributed by atoms with van der Waals surface area (Å²) in [6.07, 6.45) is -0.672. The molecule has 0 saturated carbocycles. The van der Waals surface area contributed by atoms with Crippen LogP contribution in [0.5, 0.6) is 5.75 Å². The van der Waals surface area contributed by atoms with Crippen molar-refractivity contribution in [2.24, 2.45) is 0 Å². The van der Waals surface area contributed by atoms with Gasteiger partial charge in [-0.05, 0) is 19.1 Å². The van der Waals surface area contributed by atoms with Crippen molar-refractivity contribution in [1.82, 2.24) is 10.2 Å². The van der Waals surface area contributed by atoms with Crippen molar-refractivity contribution < 1.29 is 17.9 Å². The summed E-state index contributed by atoms with van der Waals surface area (Å²) in [5, 5.41) is 7.38. The first-order valence-corrected chi connectivity index (χ1v) is 5.88. The lowest BCUT2D eigenvalue weighted by molar-refractivity contribution is 0.177. The van der Waals surface area contributed by atoms with Gasteiger partial charge in [0.2, 0.25) is 11.7 Å². The number of hydrogen-bond donors (Lipinski definition) is 0. The van der Waals surface area contributed by atoms with E-state index >= 15 is 0 Å². The zero-order chi connectivity index (χ0) is 13.3. The molecule has 4 nitrogen and oxygen atoms in total. The highest BCUT2D eigenvalue weighted by atomic mass is 79.9. The van der Waals surface area contributed by atoms with Gasteiger partial charge in [0.05, 0.1) is 0 Å². The van der Waals surface area contributed by atoms with Gasteiger partial charge in [0, 0.05) is 11.4 Å². The Morgan fingerprint density at radius 1 is 1.33 bits per heavy atom. The number of aromatic nitrogens is 2. The molecule has 7 heteroatoms. The van der Waals surface area contributed by atoms with Gasteiger partial charge in [-0.15, -0.1) is 10.2 Å². The summed E-state index contributed by atoms with van der Waals surface area (Å²) < 4.78 is 37.4. The lowest BCUT2D eigenvalue weighted by atomic mass is 10.3. The Kier molecular flexibility index (Phi) is 3.60. The second-order valence-electron chi connectivity index (χ2n) is 3.62. The van der Waals surface area contributed by atoms with E-state index in [0.29, 0.717) is 10.4 Å². The SMILES string of the molecule is Cc1nnc([C@@H](C)Oc2cc(Br)cc(F)c2F)o1. The van der Waals surface area contributed by atoms with Crippen molar-refractivity contribution in [3.05, 3.63) is 40.0 Å². The Hall–Kier alpha value is -1.50. The van der Waals surface area contributed by atoms with Crippen LogP contribution >= 0.6 is 15.9 Å². The zero-order valence-corrected chi connectivity index (χ0v) is 11.2. The minimum atomic E-state index is -1.05. The van der Waals surface area contributed by atoms with E-state index in [0.717, 1.165) is 6.07 Å². The van der Waals surface area contributed by atoms with Crippen LogP contribution in [0.2, 0.25) is 0 Å². The molecule has 0 fully saturated rings. The molecule has 1 atom stereocenters. The lowest BCUT2D eigenvalue weighted by Gasteiger charge is -2.12. The highest BCUT2D eigenvalue weighted by Crippen LogP contribution is 2.29. The molecule has 0 unspecified atom stereocenters. The predicted octanol–water partition coefficient (Wildman–Crippen LogP) is 3.56. The van der Waals surface area contributed by atoms with Crippen LogP contribution < -0.4 is 4.74 Å². The largest absolute Gasteiger partial charge is 0.478 e. The minimum Gasteiger partial charge on any atom is -0.478 e. The lowest BCUT2D eigenvalue weighted by Crippen LogP contribution is -2.05. The maximum absolute atomic E-state index is 13.5. The topological polar surface area (TPSA) is 48.2 Å². The van der Waals surface area contributed by atoms with Crippen LogP contribution in [0, 0.1) is 18.6 Å². The van der Waals surface area contributed by atoms with Crippen molar-refractivity contribution in [3.63, 3.8) is 0 Å². The normalized spacial score (nSPS) is 12.5. The molecule has 0 aliphatic carbocycles. The summed E-state index contributed by atoms with van der Waals surface area (Å²) in [6.45, 7) is 3.23. The van der Waals surface area contributed by atoms with Crippen LogP contribution in [0.1, 0.15) is 24.8 Å². The molecule has 1 heterocycles. The molecule has 0 saturated heterocycles.